The third-order valence-corrected chi connectivity index (χ3v) is 3.68. The van der Waals surface area contributed by atoms with Crippen molar-refractivity contribution in [1.82, 2.24) is 0 Å². The molecule has 1 aliphatic heterocycles. The molecule has 5 nitrogen and oxygen atoms in total. The predicted octanol–water partition coefficient (Wildman–Crippen LogP) is 2.84. The molecule has 0 unspecified atom stereocenters. The Morgan fingerprint density at radius 1 is 1.09 bits per heavy atom. The van der Waals surface area contributed by atoms with Gasteiger partial charge in [0, 0.05) is 6.42 Å². The van der Waals surface area contributed by atoms with Crippen LogP contribution >= 0.6 is 0 Å². The highest BCUT2D eigenvalue weighted by Crippen LogP contribution is 2.32. The number of carbonyl (C=O) groups is 2. The summed E-state index contributed by atoms with van der Waals surface area (Å²) < 4.78 is 5.28. The van der Waals surface area contributed by atoms with Crippen LogP contribution in [-0.2, 0) is 22.6 Å². The molecule has 0 spiro atoms. The number of para-hydroxylation sites is 1. The summed E-state index contributed by atoms with van der Waals surface area (Å²) in [5.74, 6) is -0.526. The number of carbonyl (C=O) groups excluding carboxylic acids is 1. The Balaban J connectivity index is 1.74. The van der Waals surface area contributed by atoms with Crippen LogP contribution in [0.25, 0.3) is 0 Å². The van der Waals surface area contributed by atoms with E-state index in [1.54, 1.807) is 12.1 Å². The van der Waals surface area contributed by atoms with Crippen LogP contribution in [0.2, 0.25) is 0 Å². The van der Waals surface area contributed by atoms with Gasteiger partial charge in [-0.25, -0.2) is 9.59 Å². The molecule has 0 saturated carbocycles. The standard InChI is InChI=1S/C17H15NO4/c19-16(22-11-12-6-2-1-3-7-12)15-10-13-8-4-5-9-14(13)18(15)17(20)21/h1-9,15H,10-11H2,(H,20,21)/t15-/m0/s1. The van der Waals surface area contributed by atoms with E-state index in [9.17, 15) is 14.7 Å². The molecule has 0 aliphatic carbocycles. The number of fused-ring (bicyclic) bond motifs is 1. The van der Waals surface area contributed by atoms with Gasteiger partial charge in [0.05, 0.1) is 5.69 Å². The lowest BCUT2D eigenvalue weighted by Crippen LogP contribution is -2.43. The van der Waals surface area contributed by atoms with Gasteiger partial charge in [0.1, 0.15) is 12.6 Å². The number of carboxylic acid groups (broad SMARTS) is 1. The number of ether oxygens (including phenoxy) is 1. The van der Waals surface area contributed by atoms with E-state index in [2.05, 4.69) is 0 Å². The van der Waals surface area contributed by atoms with E-state index in [1.807, 2.05) is 42.5 Å². The molecule has 0 bridgehead atoms. The molecular weight excluding hydrogens is 282 g/mol. The van der Waals surface area contributed by atoms with Crippen molar-refractivity contribution in [2.24, 2.45) is 0 Å². The molecule has 2 aromatic carbocycles. The second-order valence-corrected chi connectivity index (χ2v) is 5.09. The van der Waals surface area contributed by atoms with Crippen molar-refractivity contribution >= 4 is 17.7 Å². The minimum atomic E-state index is -1.15. The average molecular weight is 297 g/mol. The molecule has 1 amide bonds. The van der Waals surface area contributed by atoms with Gasteiger partial charge in [0.2, 0.25) is 0 Å². The maximum atomic E-state index is 12.3. The van der Waals surface area contributed by atoms with Gasteiger partial charge in [-0.15, -0.1) is 0 Å². The Bertz CT molecular complexity index is 699. The van der Waals surface area contributed by atoms with Gasteiger partial charge >= 0.3 is 12.1 Å². The first-order valence-corrected chi connectivity index (χ1v) is 6.97. The van der Waals surface area contributed by atoms with E-state index in [-0.39, 0.29) is 6.61 Å². The molecule has 2 aromatic rings. The average Bonchev–Trinajstić information content (AvgIpc) is 2.93. The number of esters is 1. The first-order chi connectivity index (χ1) is 10.7. The van der Waals surface area contributed by atoms with Crippen LogP contribution in [0.4, 0.5) is 10.5 Å². The largest absolute Gasteiger partial charge is 0.465 e. The Morgan fingerprint density at radius 3 is 2.50 bits per heavy atom. The number of hydrogen-bond donors (Lipinski definition) is 1. The Labute approximate surface area is 127 Å². The van der Waals surface area contributed by atoms with E-state index in [0.29, 0.717) is 12.1 Å². The van der Waals surface area contributed by atoms with Crippen LogP contribution in [-0.4, -0.2) is 23.2 Å². The lowest BCUT2D eigenvalue weighted by atomic mass is 10.1. The van der Waals surface area contributed by atoms with E-state index in [0.717, 1.165) is 16.0 Å². The van der Waals surface area contributed by atoms with Crippen LogP contribution in [0, 0.1) is 0 Å². The smallest absolute Gasteiger partial charge is 0.412 e. The van der Waals surface area contributed by atoms with Crippen molar-refractivity contribution in [2.45, 2.75) is 19.1 Å². The third-order valence-electron chi connectivity index (χ3n) is 3.68. The van der Waals surface area contributed by atoms with E-state index < -0.39 is 18.1 Å². The second-order valence-electron chi connectivity index (χ2n) is 5.09. The first kappa shape index (κ1) is 14.1. The highest BCUT2D eigenvalue weighted by atomic mass is 16.5. The molecule has 0 fully saturated rings. The molecule has 112 valence electrons. The summed E-state index contributed by atoms with van der Waals surface area (Å²) >= 11 is 0. The summed E-state index contributed by atoms with van der Waals surface area (Å²) in [6.07, 6.45) is -0.803. The fourth-order valence-corrected chi connectivity index (χ4v) is 2.64. The van der Waals surface area contributed by atoms with Gasteiger partial charge in [0.15, 0.2) is 0 Å². The molecule has 1 N–H and O–H groups in total. The molecule has 0 radical (unpaired) electrons. The zero-order chi connectivity index (χ0) is 15.5. The van der Waals surface area contributed by atoms with Gasteiger partial charge in [-0.05, 0) is 17.2 Å². The predicted molar refractivity (Wildman–Crippen MR) is 80.7 cm³/mol. The Kier molecular flexibility index (Phi) is 3.78. The number of nitrogens with zero attached hydrogens (tertiary/aromatic N) is 1. The number of amides is 1. The third kappa shape index (κ3) is 2.65. The number of rotatable bonds is 3. The lowest BCUT2D eigenvalue weighted by molar-refractivity contribution is -0.146. The Morgan fingerprint density at radius 2 is 1.77 bits per heavy atom. The first-order valence-electron chi connectivity index (χ1n) is 6.97. The SMILES string of the molecule is O=C(OCc1ccccc1)[C@@H]1Cc2ccccc2N1C(=O)O. The van der Waals surface area contributed by atoms with Crippen molar-refractivity contribution in [3.63, 3.8) is 0 Å². The summed E-state index contributed by atoms with van der Waals surface area (Å²) in [5.41, 5.74) is 2.26. The van der Waals surface area contributed by atoms with E-state index >= 15 is 0 Å². The Hall–Kier alpha value is -2.82. The van der Waals surface area contributed by atoms with Gasteiger partial charge < -0.3 is 9.84 Å². The van der Waals surface area contributed by atoms with Crippen molar-refractivity contribution in [2.75, 3.05) is 4.90 Å². The minimum absolute atomic E-state index is 0.139. The lowest BCUT2D eigenvalue weighted by Gasteiger charge is -2.20. The molecule has 3 rings (SSSR count). The highest BCUT2D eigenvalue weighted by Gasteiger charge is 2.39. The quantitative estimate of drug-likeness (QED) is 0.885. The zero-order valence-electron chi connectivity index (χ0n) is 11.8. The van der Waals surface area contributed by atoms with E-state index in [4.69, 9.17) is 4.74 Å². The van der Waals surface area contributed by atoms with Crippen LogP contribution in [0.5, 0.6) is 0 Å². The summed E-state index contributed by atoms with van der Waals surface area (Å²) in [4.78, 5) is 24.8. The van der Waals surface area contributed by atoms with Crippen molar-refractivity contribution < 1.29 is 19.4 Å². The van der Waals surface area contributed by atoms with Crippen LogP contribution in [0.15, 0.2) is 54.6 Å². The minimum Gasteiger partial charge on any atom is -0.465 e. The van der Waals surface area contributed by atoms with Gasteiger partial charge in [-0.2, -0.15) is 0 Å². The van der Waals surface area contributed by atoms with Crippen molar-refractivity contribution in [3.05, 3.63) is 65.7 Å². The maximum absolute atomic E-state index is 12.3. The molecule has 1 heterocycles. The van der Waals surface area contributed by atoms with Gasteiger partial charge in [0.25, 0.3) is 0 Å². The summed E-state index contributed by atoms with van der Waals surface area (Å²) in [5, 5.41) is 9.38. The van der Waals surface area contributed by atoms with Crippen molar-refractivity contribution in [1.29, 1.82) is 0 Å². The van der Waals surface area contributed by atoms with Crippen molar-refractivity contribution in [3.8, 4) is 0 Å². The summed E-state index contributed by atoms with van der Waals surface area (Å²) in [6, 6.07) is 15.6. The van der Waals surface area contributed by atoms with Crippen LogP contribution < -0.4 is 4.90 Å². The highest BCUT2D eigenvalue weighted by molar-refractivity contribution is 5.98. The van der Waals surface area contributed by atoms with Crippen LogP contribution in [0.3, 0.4) is 0 Å². The monoisotopic (exact) mass is 297 g/mol. The fraction of sp³-hybridized carbons (Fsp3) is 0.176. The molecule has 1 atom stereocenters. The van der Waals surface area contributed by atoms with E-state index in [1.165, 1.54) is 0 Å². The molecular formula is C17H15NO4. The molecule has 0 aromatic heterocycles. The number of anilines is 1. The summed E-state index contributed by atoms with van der Waals surface area (Å²) in [7, 11) is 0. The van der Waals surface area contributed by atoms with Gasteiger partial charge in [-0.3, -0.25) is 4.90 Å². The summed E-state index contributed by atoms with van der Waals surface area (Å²) in [6.45, 7) is 0.139. The normalized spacial score (nSPS) is 16.2. The second kappa shape index (κ2) is 5.89. The number of hydrogen-bond acceptors (Lipinski definition) is 3. The fourth-order valence-electron chi connectivity index (χ4n) is 2.64. The maximum Gasteiger partial charge on any atom is 0.412 e. The molecule has 0 saturated heterocycles. The van der Waals surface area contributed by atoms with Crippen LogP contribution in [0.1, 0.15) is 11.1 Å². The topological polar surface area (TPSA) is 66.8 Å². The van der Waals surface area contributed by atoms with Gasteiger partial charge in [-0.1, -0.05) is 48.5 Å². The molecule has 1 aliphatic rings. The molecule has 22 heavy (non-hydrogen) atoms. The zero-order valence-corrected chi connectivity index (χ0v) is 11.8. The number of benzene rings is 2. The molecule has 5 heteroatoms.